The van der Waals surface area contributed by atoms with Crippen LogP contribution in [0.25, 0.3) is 0 Å². The third kappa shape index (κ3) is 2.50. The molecular weight excluding hydrogens is 274 g/mol. The first kappa shape index (κ1) is 15.5. The van der Waals surface area contributed by atoms with Crippen LogP contribution in [0.5, 0.6) is 0 Å². The van der Waals surface area contributed by atoms with Gasteiger partial charge in [-0.05, 0) is 48.9 Å². The molecule has 4 nitrogen and oxygen atoms in total. The molecule has 0 amide bonds. The monoisotopic (exact) mass is 297 g/mol. The number of aryl methyl sites for hydroxylation is 2. The van der Waals surface area contributed by atoms with E-state index in [-0.39, 0.29) is 6.61 Å². The Kier molecular flexibility index (Phi) is 4.23. The molecule has 5 heteroatoms. The van der Waals surface area contributed by atoms with Crippen LogP contribution in [-0.4, -0.2) is 37.0 Å². The van der Waals surface area contributed by atoms with Gasteiger partial charge in [0.15, 0.2) is 0 Å². The predicted octanol–water partition coefficient (Wildman–Crippen LogP) is 1.96. The lowest BCUT2D eigenvalue weighted by Gasteiger charge is -2.26. The normalized spacial score (nSPS) is 17.4. The molecule has 1 N–H and O–H groups in total. The summed E-state index contributed by atoms with van der Waals surface area (Å²) in [6, 6.07) is 5.35. The SMILES string of the molecule is CCc1ccc(S(=O)(=O)N(C)C2(CO)CC2)cc1CC. The van der Waals surface area contributed by atoms with Crippen LogP contribution in [0.15, 0.2) is 23.1 Å². The Morgan fingerprint density at radius 2 is 1.80 bits per heavy atom. The fraction of sp³-hybridized carbons (Fsp3) is 0.600. The fourth-order valence-corrected chi connectivity index (χ4v) is 4.16. The van der Waals surface area contributed by atoms with E-state index < -0.39 is 15.6 Å². The molecule has 112 valence electrons. The zero-order valence-corrected chi connectivity index (χ0v) is 13.2. The summed E-state index contributed by atoms with van der Waals surface area (Å²) in [6.45, 7) is 3.99. The molecule has 0 aliphatic heterocycles. The molecule has 1 aliphatic carbocycles. The molecule has 0 unspecified atom stereocenters. The molecular formula is C15H23NO3S. The summed E-state index contributed by atoms with van der Waals surface area (Å²) < 4.78 is 26.7. The van der Waals surface area contributed by atoms with Gasteiger partial charge in [-0.2, -0.15) is 4.31 Å². The van der Waals surface area contributed by atoms with E-state index in [1.54, 1.807) is 19.2 Å². The van der Waals surface area contributed by atoms with Crippen LogP contribution in [0, 0.1) is 0 Å². The van der Waals surface area contributed by atoms with Crippen molar-refractivity contribution in [3.8, 4) is 0 Å². The van der Waals surface area contributed by atoms with E-state index in [9.17, 15) is 13.5 Å². The molecule has 0 spiro atoms. The average molecular weight is 297 g/mol. The molecule has 0 heterocycles. The molecule has 20 heavy (non-hydrogen) atoms. The van der Waals surface area contributed by atoms with Crippen molar-refractivity contribution in [1.29, 1.82) is 0 Å². The highest BCUT2D eigenvalue weighted by Crippen LogP contribution is 2.43. The van der Waals surface area contributed by atoms with Crippen molar-refractivity contribution < 1.29 is 13.5 Å². The molecule has 0 aromatic heterocycles. The van der Waals surface area contributed by atoms with Gasteiger partial charge in [0.1, 0.15) is 0 Å². The lowest BCUT2D eigenvalue weighted by molar-refractivity contribution is 0.187. The van der Waals surface area contributed by atoms with Crippen LogP contribution in [0.2, 0.25) is 0 Å². The summed E-state index contributed by atoms with van der Waals surface area (Å²) in [6.07, 6.45) is 3.18. The zero-order chi connectivity index (χ0) is 15.0. The van der Waals surface area contributed by atoms with Gasteiger partial charge in [0.2, 0.25) is 10.0 Å². The van der Waals surface area contributed by atoms with Crippen LogP contribution >= 0.6 is 0 Å². The Hall–Kier alpha value is -0.910. The number of hydrogen-bond acceptors (Lipinski definition) is 3. The Morgan fingerprint density at radius 1 is 1.20 bits per heavy atom. The van der Waals surface area contributed by atoms with Gasteiger partial charge in [-0.25, -0.2) is 8.42 Å². The van der Waals surface area contributed by atoms with E-state index in [0.29, 0.717) is 4.90 Å². The third-order valence-corrected chi connectivity index (χ3v) is 6.35. The lowest BCUT2D eigenvalue weighted by atomic mass is 10.0. The van der Waals surface area contributed by atoms with Gasteiger partial charge < -0.3 is 5.11 Å². The first-order chi connectivity index (χ1) is 9.41. The minimum atomic E-state index is -3.53. The number of aliphatic hydroxyl groups excluding tert-OH is 1. The summed E-state index contributed by atoms with van der Waals surface area (Å²) >= 11 is 0. The number of sulfonamides is 1. The van der Waals surface area contributed by atoms with E-state index in [2.05, 4.69) is 6.92 Å². The van der Waals surface area contributed by atoms with Crippen molar-refractivity contribution in [2.75, 3.05) is 13.7 Å². The summed E-state index contributed by atoms with van der Waals surface area (Å²) in [5.74, 6) is 0. The maximum Gasteiger partial charge on any atom is 0.243 e. The van der Waals surface area contributed by atoms with Crippen molar-refractivity contribution in [1.82, 2.24) is 4.31 Å². The van der Waals surface area contributed by atoms with Gasteiger partial charge in [0, 0.05) is 7.05 Å². The second-order valence-electron chi connectivity index (χ2n) is 5.49. The van der Waals surface area contributed by atoms with Crippen molar-refractivity contribution in [2.45, 2.75) is 50.0 Å². The maximum absolute atomic E-state index is 12.7. The predicted molar refractivity (Wildman–Crippen MR) is 79.2 cm³/mol. The fourth-order valence-electron chi connectivity index (χ4n) is 2.57. The maximum atomic E-state index is 12.7. The minimum absolute atomic E-state index is 0.115. The summed E-state index contributed by atoms with van der Waals surface area (Å²) in [7, 11) is -1.96. The van der Waals surface area contributed by atoms with E-state index in [4.69, 9.17) is 0 Å². The second kappa shape index (κ2) is 5.47. The topological polar surface area (TPSA) is 57.6 Å². The Bertz CT molecular complexity index is 591. The number of benzene rings is 1. The first-order valence-electron chi connectivity index (χ1n) is 7.13. The van der Waals surface area contributed by atoms with Crippen molar-refractivity contribution in [2.24, 2.45) is 0 Å². The minimum Gasteiger partial charge on any atom is -0.394 e. The second-order valence-corrected chi connectivity index (χ2v) is 7.46. The van der Waals surface area contributed by atoms with Gasteiger partial charge in [-0.1, -0.05) is 19.9 Å². The molecule has 0 saturated heterocycles. The highest BCUT2D eigenvalue weighted by atomic mass is 32.2. The van der Waals surface area contributed by atoms with Crippen LogP contribution in [0.1, 0.15) is 37.8 Å². The van der Waals surface area contributed by atoms with Gasteiger partial charge in [-0.3, -0.25) is 0 Å². The molecule has 1 saturated carbocycles. The van der Waals surface area contributed by atoms with Crippen molar-refractivity contribution >= 4 is 10.0 Å². The molecule has 1 aromatic rings. The summed E-state index contributed by atoms with van der Waals surface area (Å²) in [5, 5.41) is 9.41. The summed E-state index contributed by atoms with van der Waals surface area (Å²) in [4.78, 5) is 0.328. The summed E-state index contributed by atoms with van der Waals surface area (Å²) in [5.41, 5.74) is 1.70. The molecule has 1 aromatic carbocycles. The number of rotatable bonds is 6. The van der Waals surface area contributed by atoms with E-state index in [1.165, 1.54) is 9.87 Å². The van der Waals surface area contributed by atoms with Crippen molar-refractivity contribution in [3.63, 3.8) is 0 Å². The van der Waals surface area contributed by atoms with Crippen molar-refractivity contribution in [3.05, 3.63) is 29.3 Å². The van der Waals surface area contributed by atoms with E-state index >= 15 is 0 Å². The van der Waals surface area contributed by atoms with E-state index in [0.717, 1.165) is 31.2 Å². The van der Waals surface area contributed by atoms with Crippen LogP contribution in [-0.2, 0) is 22.9 Å². The molecule has 2 rings (SSSR count). The van der Waals surface area contributed by atoms with Gasteiger partial charge in [0.05, 0.1) is 17.0 Å². The molecule has 0 radical (unpaired) electrons. The molecule has 1 aliphatic rings. The number of aliphatic hydroxyl groups is 1. The Morgan fingerprint density at radius 3 is 2.25 bits per heavy atom. The highest BCUT2D eigenvalue weighted by Gasteiger charge is 2.50. The molecule has 0 atom stereocenters. The molecule has 1 fully saturated rings. The van der Waals surface area contributed by atoms with Crippen LogP contribution in [0.3, 0.4) is 0 Å². The van der Waals surface area contributed by atoms with Crippen LogP contribution in [0.4, 0.5) is 0 Å². The zero-order valence-electron chi connectivity index (χ0n) is 12.4. The standard InChI is InChI=1S/C15H23NO3S/c1-4-12-6-7-14(10-13(12)5-2)20(18,19)16(3)15(11-17)8-9-15/h6-7,10,17H,4-5,8-9,11H2,1-3H3. The number of likely N-dealkylation sites (N-methyl/N-ethyl adjacent to an activating group) is 1. The molecule has 0 bridgehead atoms. The largest absolute Gasteiger partial charge is 0.394 e. The highest BCUT2D eigenvalue weighted by molar-refractivity contribution is 7.89. The average Bonchev–Trinajstić information content (AvgIpc) is 3.26. The van der Waals surface area contributed by atoms with E-state index in [1.807, 2.05) is 13.0 Å². The number of nitrogens with zero attached hydrogens (tertiary/aromatic N) is 1. The smallest absolute Gasteiger partial charge is 0.243 e. The quantitative estimate of drug-likeness (QED) is 0.873. The number of hydrogen-bond donors (Lipinski definition) is 1. The Balaban J connectivity index is 2.39. The van der Waals surface area contributed by atoms with Gasteiger partial charge in [-0.15, -0.1) is 0 Å². The van der Waals surface area contributed by atoms with Gasteiger partial charge in [0.25, 0.3) is 0 Å². The van der Waals surface area contributed by atoms with Crippen LogP contribution < -0.4 is 0 Å². The lowest BCUT2D eigenvalue weighted by Crippen LogP contribution is -2.41. The third-order valence-electron chi connectivity index (χ3n) is 4.39. The Labute approximate surface area is 121 Å². The first-order valence-corrected chi connectivity index (χ1v) is 8.57. The van der Waals surface area contributed by atoms with Gasteiger partial charge >= 0.3 is 0 Å².